The highest BCUT2D eigenvalue weighted by molar-refractivity contribution is 5.84. The topological polar surface area (TPSA) is 102 Å². The average molecular weight is 287 g/mol. The lowest BCUT2D eigenvalue weighted by Gasteiger charge is -2.24. The molecular formula is C13H21NO6. The summed E-state index contributed by atoms with van der Waals surface area (Å²) in [5, 5.41) is 11.2. The van der Waals surface area contributed by atoms with Crippen molar-refractivity contribution in [3.8, 4) is 0 Å². The first-order chi connectivity index (χ1) is 9.06. The monoisotopic (exact) mass is 287 g/mol. The van der Waals surface area contributed by atoms with Gasteiger partial charge in [-0.15, -0.1) is 0 Å². The van der Waals surface area contributed by atoms with Crippen molar-refractivity contribution in [1.29, 1.82) is 0 Å². The number of allylic oxidation sites excluding steroid dienone is 1. The molecule has 0 aliphatic heterocycles. The van der Waals surface area contributed by atoms with Gasteiger partial charge in [-0.1, -0.05) is 6.08 Å². The number of aliphatic carboxylic acids is 1. The summed E-state index contributed by atoms with van der Waals surface area (Å²) in [4.78, 5) is 33.9. The first-order valence-corrected chi connectivity index (χ1v) is 6.12. The zero-order valence-electron chi connectivity index (χ0n) is 12.3. The molecule has 2 N–H and O–H groups in total. The number of esters is 1. The number of hydrogen-bond donors (Lipinski definition) is 2. The lowest BCUT2D eigenvalue weighted by atomic mass is 10.2. The Bertz CT molecular complexity index is 396. The lowest BCUT2D eigenvalue weighted by molar-refractivity contribution is -0.150. The molecule has 7 heteroatoms. The molecule has 0 spiro atoms. The number of carboxylic acids is 1. The summed E-state index contributed by atoms with van der Waals surface area (Å²) < 4.78 is 9.82. The van der Waals surface area contributed by atoms with Crippen molar-refractivity contribution >= 4 is 18.0 Å². The largest absolute Gasteiger partial charge is 0.480 e. The Balaban J connectivity index is 4.69. The van der Waals surface area contributed by atoms with Gasteiger partial charge in [-0.05, 0) is 34.6 Å². The van der Waals surface area contributed by atoms with Crippen LogP contribution < -0.4 is 5.32 Å². The fourth-order valence-corrected chi connectivity index (χ4v) is 1.24. The number of carboxylic acid groups (broad SMARTS) is 1. The van der Waals surface area contributed by atoms with Gasteiger partial charge in [0.15, 0.2) is 6.04 Å². The molecular weight excluding hydrogens is 266 g/mol. The SMILES string of the molecule is CC=CC(=O)O[C@H](C)[C@H](NC(=O)OC(C)(C)C)C(=O)O. The molecule has 0 aromatic heterocycles. The molecule has 0 aromatic carbocycles. The van der Waals surface area contributed by atoms with E-state index in [4.69, 9.17) is 14.6 Å². The predicted octanol–water partition coefficient (Wildman–Crippen LogP) is 1.47. The third-order valence-electron chi connectivity index (χ3n) is 2.01. The molecule has 0 aliphatic carbocycles. The van der Waals surface area contributed by atoms with Crippen molar-refractivity contribution in [1.82, 2.24) is 5.32 Å². The Morgan fingerprint density at radius 2 is 1.80 bits per heavy atom. The molecule has 1 amide bonds. The van der Waals surface area contributed by atoms with Gasteiger partial charge in [-0.25, -0.2) is 14.4 Å². The number of amides is 1. The maximum absolute atomic E-state index is 11.5. The highest BCUT2D eigenvalue weighted by Crippen LogP contribution is 2.08. The summed E-state index contributed by atoms with van der Waals surface area (Å²) in [6.07, 6.45) is 0.692. The number of hydrogen-bond acceptors (Lipinski definition) is 5. The third kappa shape index (κ3) is 7.40. The van der Waals surface area contributed by atoms with Crippen LogP contribution in [0.15, 0.2) is 12.2 Å². The standard InChI is InChI=1S/C13H21NO6/c1-6-7-9(15)19-8(2)10(11(16)17)14-12(18)20-13(3,4)5/h6-8,10H,1-5H3,(H,14,18)(H,16,17)/t8-,10+/m1/s1. The van der Waals surface area contributed by atoms with E-state index in [0.717, 1.165) is 6.08 Å². The summed E-state index contributed by atoms with van der Waals surface area (Å²) in [5.74, 6) is -2.01. The van der Waals surface area contributed by atoms with Crippen LogP contribution >= 0.6 is 0 Å². The second-order valence-corrected chi connectivity index (χ2v) is 5.10. The fourth-order valence-electron chi connectivity index (χ4n) is 1.24. The van der Waals surface area contributed by atoms with Gasteiger partial charge in [0.2, 0.25) is 0 Å². The van der Waals surface area contributed by atoms with Gasteiger partial charge >= 0.3 is 18.0 Å². The van der Waals surface area contributed by atoms with Crippen LogP contribution in [0.2, 0.25) is 0 Å². The minimum atomic E-state index is -1.39. The molecule has 0 saturated carbocycles. The number of carbonyl (C=O) groups excluding carboxylic acids is 2. The molecule has 20 heavy (non-hydrogen) atoms. The highest BCUT2D eigenvalue weighted by atomic mass is 16.6. The lowest BCUT2D eigenvalue weighted by Crippen LogP contribution is -2.50. The minimum absolute atomic E-state index is 0.683. The van der Waals surface area contributed by atoms with Crippen LogP contribution in [0.3, 0.4) is 0 Å². The maximum Gasteiger partial charge on any atom is 0.408 e. The van der Waals surface area contributed by atoms with Gasteiger partial charge < -0.3 is 19.9 Å². The molecule has 0 saturated heterocycles. The average Bonchev–Trinajstić information content (AvgIpc) is 2.22. The molecule has 0 aliphatic rings. The van der Waals surface area contributed by atoms with Crippen LogP contribution in [0.5, 0.6) is 0 Å². The van der Waals surface area contributed by atoms with Crippen LogP contribution in [-0.4, -0.2) is 40.9 Å². The van der Waals surface area contributed by atoms with Crippen LogP contribution in [0.1, 0.15) is 34.6 Å². The molecule has 7 nitrogen and oxygen atoms in total. The van der Waals surface area contributed by atoms with Gasteiger partial charge in [0.05, 0.1) is 0 Å². The molecule has 0 radical (unpaired) electrons. The van der Waals surface area contributed by atoms with Crippen LogP contribution in [0, 0.1) is 0 Å². The van der Waals surface area contributed by atoms with Crippen molar-refractivity contribution in [3.05, 3.63) is 12.2 Å². The summed E-state index contributed by atoms with van der Waals surface area (Å²) in [5.41, 5.74) is -0.752. The van der Waals surface area contributed by atoms with Crippen molar-refractivity contribution in [2.45, 2.75) is 52.4 Å². The zero-order chi connectivity index (χ0) is 15.9. The fraction of sp³-hybridized carbons (Fsp3) is 0.615. The molecule has 2 atom stereocenters. The van der Waals surface area contributed by atoms with E-state index >= 15 is 0 Å². The van der Waals surface area contributed by atoms with E-state index in [1.807, 2.05) is 0 Å². The summed E-state index contributed by atoms with van der Waals surface area (Å²) >= 11 is 0. The zero-order valence-corrected chi connectivity index (χ0v) is 12.3. The maximum atomic E-state index is 11.5. The molecule has 0 fully saturated rings. The Hall–Kier alpha value is -2.05. The van der Waals surface area contributed by atoms with E-state index in [1.165, 1.54) is 13.0 Å². The Kier molecular flexibility index (Phi) is 6.75. The van der Waals surface area contributed by atoms with Crippen molar-refractivity contribution in [2.75, 3.05) is 0 Å². The van der Waals surface area contributed by atoms with Crippen LogP contribution in [0.25, 0.3) is 0 Å². The number of rotatable bonds is 5. The Morgan fingerprint density at radius 1 is 1.25 bits per heavy atom. The smallest absolute Gasteiger partial charge is 0.408 e. The van der Waals surface area contributed by atoms with Crippen molar-refractivity contribution in [2.24, 2.45) is 0 Å². The van der Waals surface area contributed by atoms with E-state index in [1.54, 1.807) is 27.7 Å². The Morgan fingerprint density at radius 3 is 2.20 bits per heavy atom. The van der Waals surface area contributed by atoms with Gasteiger partial charge in [0.25, 0.3) is 0 Å². The second-order valence-electron chi connectivity index (χ2n) is 5.10. The molecule has 0 unspecified atom stereocenters. The van der Waals surface area contributed by atoms with E-state index in [9.17, 15) is 14.4 Å². The van der Waals surface area contributed by atoms with Gasteiger partial charge in [0.1, 0.15) is 11.7 Å². The Labute approximate surface area is 117 Å². The van der Waals surface area contributed by atoms with Crippen molar-refractivity contribution in [3.63, 3.8) is 0 Å². The normalized spacial score (nSPS) is 14.4. The van der Waals surface area contributed by atoms with E-state index in [-0.39, 0.29) is 0 Å². The summed E-state index contributed by atoms with van der Waals surface area (Å²) in [6, 6.07) is -1.39. The number of ether oxygens (including phenoxy) is 2. The van der Waals surface area contributed by atoms with Crippen molar-refractivity contribution < 1.29 is 29.0 Å². The van der Waals surface area contributed by atoms with Crippen LogP contribution in [-0.2, 0) is 19.1 Å². The molecule has 0 aromatic rings. The molecule has 114 valence electrons. The van der Waals surface area contributed by atoms with Gasteiger partial charge in [-0.3, -0.25) is 0 Å². The second kappa shape index (κ2) is 7.52. The van der Waals surface area contributed by atoms with Crippen LogP contribution in [0.4, 0.5) is 4.79 Å². The summed E-state index contributed by atoms with van der Waals surface area (Å²) in [6.45, 7) is 7.95. The first kappa shape index (κ1) is 17.9. The molecule has 0 bridgehead atoms. The number of nitrogens with one attached hydrogen (secondary N) is 1. The minimum Gasteiger partial charge on any atom is -0.480 e. The predicted molar refractivity (Wildman–Crippen MR) is 71.2 cm³/mol. The number of carbonyl (C=O) groups is 3. The quantitative estimate of drug-likeness (QED) is 0.586. The highest BCUT2D eigenvalue weighted by Gasteiger charge is 2.30. The van der Waals surface area contributed by atoms with E-state index in [0.29, 0.717) is 0 Å². The van der Waals surface area contributed by atoms with Gasteiger partial charge in [-0.2, -0.15) is 0 Å². The summed E-state index contributed by atoms with van der Waals surface area (Å²) in [7, 11) is 0. The molecule has 0 rings (SSSR count). The van der Waals surface area contributed by atoms with E-state index < -0.39 is 35.8 Å². The van der Waals surface area contributed by atoms with Gasteiger partial charge in [0, 0.05) is 6.08 Å². The number of alkyl carbamates (subject to hydrolysis) is 1. The first-order valence-electron chi connectivity index (χ1n) is 6.12. The third-order valence-corrected chi connectivity index (χ3v) is 2.01. The molecule has 0 heterocycles. The van der Waals surface area contributed by atoms with E-state index in [2.05, 4.69) is 5.32 Å².